The molecular formula is C22H24N2O4S. The van der Waals surface area contributed by atoms with Crippen molar-refractivity contribution in [2.75, 3.05) is 26.4 Å². The fourth-order valence-electron chi connectivity index (χ4n) is 3.51. The van der Waals surface area contributed by atoms with E-state index in [2.05, 4.69) is 35.5 Å². The van der Waals surface area contributed by atoms with Crippen molar-refractivity contribution in [1.29, 1.82) is 0 Å². The molecule has 0 atom stereocenters. The number of thiazole rings is 1. The molecule has 0 saturated carbocycles. The molecule has 0 spiro atoms. The van der Waals surface area contributed by atoms with Gasteiger partial charge in [0.1, 0.15) is 13.2 Å². The van der Waals surface area contributed by atoms with Gasteiger partial charge in [-0.3, -0.25) is 4.79 Å². The molecule has 0 unspecified atom stereocenters. The lowest BCUT2D eigenvalue weighted by atomic mass is 10.1. The number of fused-ring (bicyclic) bond motifs is 2. The topological polar surface area (TPSA) is 62.1 Å². The number of amides is 1. The van der Waals surface area contributed by atoms with Gasteiger partial charge in [-0.15, -0.1) is 0 Å². The van der Waals surface area contributed by atoms with Crippen LogP contribution in [-0.4, -0.2) is 36.9 Å². The Morgan fingerprint density at radius 3 is 2.76 bits per heavy atom. The predicted octanol–water partition coefficient (Wildman–Crippen LogP) is 3.87. The second-order valence-electron chi connectivity index (χ2n) is 6.94. The van der Waals surface area contributed by atoms with Gasteiger partial charge in [-0.25, -0.2) is 0 Å². The fourth-order valence-corrected chi connectivity index (χ4v) is 4.74. The minimum absolute atomic E-state index is 0.298. The summed E-state index contributed by atoms with van der Waals surface area (Å²) in [6.45, 7) is 9.01. The Bertz CT molecular complexity index is 1130. The number of hydrogen-bond acceptors (Lipinski definition) is 5. The van der Waals surface area contributed by atoms with Gasteiger partial charge in [0, 0.05) is 18.7 Å². The number of benzene rings is 2. The van der Waals surface area contributed by atoms with Crippen LogP contribution >= 0.6 is 11.3 Å². The molecular weight excluding hydrogens is 388 g/mol. The van der Waals surface area contributed by atoms with E-state index >= 15 is 0 Å². The minimum Gasteiger partial charge on any atom is -0.486 e. The van der Waals surface area contributed by atoms with Gasteiger partial charge in [0.05, 0.1) is 16.8 Å². The van der Waals surface area contributed by atoms with Crippen LogP contribution in [-0.2, 0) is 11.3 Å². The van der Waals surface area contributed by atoms with Crippen LogP contribution in [0.3, 0.4) is 0 Å². The van der Waals surface area contributed by atoms with Gasteiger partial charge in [-0.2, -0.15) is 4.99 Å². The van der Waals surface area contributed by atoms with Crippen molar-refractivity contribution < 1.29 is 19.0 Å². The van der Waals surface area contributed by atoms with Crippen molar-refractivity contribution in [1.82, 2.24) is 4.57 Å². The van der Waals surface area contributed by atoms with Crippen LogP contribution in [0, 0.1) is 13.8 Å². The molecule has 1 aromatic heterocycles. The third-order valence-corrected chi connectivity index (χ3v) is 5.79. The molecule has 1 aliphatic rings. The van der Waals surface area contributed by atoms with Crippen LogP contribution in [0.4, 0.5) is 0 Å². The van der Waals surface area contributed by atoms with Crippen molar-refractivity contribution in [3.63, 3.8) is 0 Å². The zero-order chi connectivity index (χ0) is 20.4. The summed E-state index contributed by atoms with van der Waals surface area (Å²) in [4.78, 5) is 18.0. The van der Waals surface area contributed by atoms with Crippen LogP contribution in [0.1, 0.15) is 28.4 Å². The van der Waals surface area contributed by atoms with E-state index in [9.17, 15) is 4.79 Å². The summed E-state index contributed by atoms with van der Waals surface area (Å²) in [5, 5.41) is 0. The number of aryl methyl sites for hydroxylation is 2. The van der Waals surface area contributed by atoms with Crippen LogP contribution in [0.15, 0.2) is 35.3 Å². The Hall–Kier alpha value is -2.64. The van der Waals surface area contributed by atoms with Crippen molar-refractivity contribution in [2.45, 2.75) is 27.3 Å². The molecule has 2 heterocycles. The third-order valence-electron chi connectivity index (χ3n) is 4.76. The molecule has 1 amide bonds. The number of carbonyl (C=O) groups excluding carboxylic acids is 1. The molecule has 0 N–H and O–H groups in total. The lowest BCUT2D eigenvalue weighted by Gasteiger charge is -2.18. The number of carbonyl (C=O) groups is 1. The molecule has 0 bridgehead atoms. The van der Waals surface area contributed by atoms with Crippen molar-refractivity contribution in [3.05, 3.63) is 51.8 Å². The average molecular weight is 413 g/mol. The van der Waals surface area contributed by atoms with Crippen molar-refractivity contribution in [2.24, 2.45) is 4.99 Å². The van der Waals surface area contributed by atoms with Gasteiger partial charge in [-0.1, -0.05) is 17.4 Å². The SMILES string of the molecule is CCOCCn1c(=NC(=O)c2ccc3c(c2)OCCO3)sc2cc(C)cc(C)c21. The van der Waals surface area contributed by atoms with Crippen molar-refractivity contribution >= 4 is 27.5 Å². The molecule has 4 rings (SSSR count). The average Bonchev–Trinajstić information content (AvgIpc) is 3.04. The standard InChI is InChI=1S/C22H24N2O4S/c1-4-26-8-7-24-20-15(3)11-14(2)12-19(20)29-22(24)23-21(25)16-5-6-17-18(13-16)28-10-9-27-17/h5-6,11-13H,4,7-10H2,1-3H3. The molecule has 0 radical (unpaired) electrons. The number of nitrogens with zero attached hydrogens (tertiary/aromatic N) is 2. The number of hydrogen-bond donors (Lipinski definition) is 0. The number of aromatic nitrogens is 1. The molecule has 1 aliphatic heterocycles. The zero-order valence-corrected chi connectivity index (χ0v) is 17.7. The summed E-state index contributed by atoms with van der Waals surface area (Å²) < 4.78 is 19.9. The highest BCUT2D eigenvalue weighted by Crippen LogP contribution is 2.31. The van der Waals surface area contributed by atoms with E-state index in [0.717, 1.165) is 10.2 Å². The second kappa shape index (κ2) is 8.39. The van der Waals surface area contributed by atoms with Crippen LogP contribution in [0.25, 0.3) is 10.2 Å². The summed E-state index contributed by atoms with van der Waals surface area (Å²) in [6.07, 6.45) is 0. The lowest BCUT2D eigenvalue weighted by Crippen LogP contribution is -2.20. The van der Waals surface area contributed by atoms with Crippen LogP contribution < -0.4 is 14.3 Å². The van der Waals surface area contributed by atoms with E-state index in [4.69, 9.17) is 14.2 Å². The first-order chi connectivity index (χ1) is 14.1. The van der Waals surface area contributed by atoms with Gasteiger partial charge in [0.15, 0.2) is 16.3 Å². The minimum atomic E-state index is -0.298. The Morgan fingerprint density at radius 1 is 1.17 bits per heavy atom. The molecule has 0 aliphatic carbocycles. The maximum absolute atomic E-state index is 12.9. The Morgan fingerprint density at radius 2 is 1.97 bits per heavy atom. The van der Waals surface area contributed by atoms with E-state index < -0.39 is 0 Å². The second-order valence-corrected chi connectivity index (χ2v) is 7.95. The third kappa shape index (κ3) is 4.06. The van der Waals surface area contributed by atoms with E-state index in [0.29, 0.717) is 54.8 Å². The van der Waals surface area contributed by atoms with E-state index in [-0.39, 0.29) is 5.91 Å². The molecule has 6 nitrogen and oxygen atoms in total. The monoisotopic (exact) mass is 412 g/mol. The van der Waals surface area contributed by atoms with Gasteiger partial charge >= 0.3 is 0 Å². The smallest absolute Gasteiger partial charge is 0.279 e. The highest BCUT2D eigenvalue weighted by Gasteiger charge is 2.16. The van der Waals surface area contributed by atoms with Crippen LogP contribution in [0.2, 0.25) is 0 Å². The first-order valence-corrected chi connectivity index (χ1v) is 10.6. The summed E-state index contributed by atoms with van der Waals surface area (Å²) in [7, 11) is 0. The molecule has 0 fully saturated rings. The Kier molecular flexibility index (Phi) is 5.69. The van der Waals surface area contributed by atoms with E-state index in [1.807, 2.05) is 6.92 Å². The van der Waals surface area contributed by atoms with E-state index in [1.165, 1.54) is 22.5 Å². The maximum Gasteiger partial charge on any atom is 0.279 e. The van der Waals surface area contributed by atoms with Crippen LogP contribution in [0.5, 0.6) is 11.5 Å². The van der Waals surface area contributed by atoms with Gasteiger partial charge in [0.25, 0.3) is 5.91 Å². The summed E-state index contributed by atoms with van der Waals surface area (Å²) in [5.74, 6) is 0.949. The molecule has 0 saturated heterocycles. The van der Waals surface area contributed by atoms with Crippen molar-refractivity contribution in [3.8, 4) is 11.5 Å². The van der Waals surface area contributed by atoms with E-state index in [1.54, 1.807) is 18.2 Å². The van der Waals surface area contributed by atoms with Gasteiger partial charge < -0.3 is 18.8 Å². The normalized spacial score (nSPS) is 13.8. The number of rotatable bonds is 5. The first-order valence-electron chi connectivity index (χ1n) is 9.74. The molecule has 7 heteroatoms. The molecule has 3 aromatic rings. The molecule has 152 valence electrons. The summed E-state index contributed by atoms with van der Waals surface area (Å²) in [5.41, 5.74) is 3.95. The first kappa shape index (κ1) is 19.7. The zero-order valence-electron chi connectivity index (χ0n) is 16.9. The summed E-state index contributed by atoms with van der Waals surface area (Å²) in [6, 6.07) is 9.48. The fraction of sp³-hybridized carbons (Fsp3) is 0.364. The Balaban J connectivity index is 1.77. The molecule has 2 aromatic carbocycles. The highest BCUT2D eigenvalue weighted by molar-refractivity contribution is 7.16. The van der Waals surface area contributed by atoms with Gasteiger partial charge in [-0.05, 0) is 56.2 Å². The highest BCUT2D eigenvalue weighted by atomic mass is 32.1. The quantitative estimate of drug-likeness (QED) is 0.597. The lowest BCUT2D eigenvalue weighted by molar-refractivity contribution is 0.0995. The molecule has 29 heavy (non-hydrogen) atoms. The maximum atomic E-state index is 12.9. The largest absolute Gasteiger partial charge is 0.486 e. The number of ether oxygens (including phenoxy) is 3. The Labute approximate surface area is 173 Å². The predicted molar refractivity (Wildman–Crippen MR) is 113 cm³/mol. The van der Waals surface area contributed by atoms with Gasteiger partial charge in [0.2, 0.25) is 0 Å². The summed E-state index contributed by atoms with van der Waals surface area (Å²) >= 11 is 1.53.